The summed E-state index contributed by atoms with van der Waals surface area (Å²) in [6.07, 6.45) is 3.02. The molecule has 0 aliphatic heterocycles. The lowest BCUT2D eigenvalue weighted by molar-refractivity contribution is 0.253. The van der Waals surface area contributed by atoms with E-state index >= 15 is 0 Å². The van der Waals surface area contributed by atoms with Gasteiger partial charge in [-0.05, 0) is 57.5 Å². The second-order valence-corrected chi connectivity index (χ2v) is 7.02. The molecule has 0 bridgehead atoms. The number of nitrogens with zero attached hydrogens (tertiary/aromatic N) is 2. The Kier molecular flexibility index (Phi) is 11.5. The van der Waals surface area contributed by atoms with Gasteiger partial charge in [0.05, 0.1) is 13.2 Å². The molecule has 2 atom stereocenters. The van der Waals surface area contributed by atoms with Crippen LogP contribution in [0, 0.1) is 5.92 Å². The fourth-order valence-electron chi connectivity index (χ4n) is 3.10. The predicted octanol–water partition coefficient (Wildman–Crippen LogP) is 2.65. The zero-order chi connectivity index (χ0) is 20.1. The Morgan fingerprint density at radius 2 is 1.85 bits per heavy atom. The third-order valence-corrected chi connectivity index (χ3v) is 4.67. The van der Waals surface area contributed by atoms with E-state index in [0.717, 1.165) is 50.6 Å². The second kappa shape index (κ2) is 13.4. The van der Waals surface area contributed by atoms with Crippen LogP contribution in [-0.4, -0.2) is 63.4 Å². The van der Waals surface area contributed by atoms with Crippen LogP contribution in [0.5, 0.6) is 5.75 Å². The quantitative estimate of drug-likeness (QED) is 0.385. The number of rotatable bonds is 12. The van der Waals surface area contributed by atoms with Crippen molar-refractivity contribution in [2.45, 2.75) is 39.2 Å². The molecule has 0 fully saturated rings. The summed E-state index contributed by atoms with van der Waals surface area (Å²) < 4.78 is 5.26. The van der Waals surface area contributed by atoms with E-state index in [9.17, 15) is 5.11 Å². The molecule has 0 aliphatic rings. The fraction of sp³-hybridized carbons (Fsp3) is 0.667. The molecule has 2 unspecified atom stereocenters. The van der Waals surface area contributed by atoms with Crippen LogP contribution in [0.4, 0.5) is 0 Å². The molecule has 0 aromatic heterocycles. The van der Waals surface area contributed by atoms with Gasteiger partial charge >= 0.3 is 0 Å². The molecular formula is C21H38N4O2. The monoisotopic (exact) mass is 378 g/mol. The molecule has 0 spiro atoms. The molecule has 1 aromatic rings. The molecule has 0 heterocycles. The number of aliphatic hydroxyl groups excluding tert-OH is 1. The van der Waals surface area contributed by atoms with Gasteiger partial charge in [-0.1, -0.05) is 25.5 Å². The Labute approximate surface area is 165 Å². The summed E-state index contributed by atoms with van der Waals surface area (Å²) in [5, 5.41) is 16.0. The minimum Gasteiger partial charge on any atom is -0.497 e. The molecule has 6 heteroatoms. The topological polar surface area (TPSA) is 69.1 Å². The number of benzene rings is 1. The molecule has 154 valence electrons. The number of hydrogen-bond donors (Lipinski definition) is 3. The van der Waals surface area contributed by atoms with Crippen molar-refractivity contribution in [1.29, 1.82) is 0 Å². The van der Waals surface area contributed by atoms with Gasteiger partial charge in [0, 0.05) is 26.2 Å². The zero-order valence-electron chi connectivity index (χ0n) is 17.7. The number of guanidine groups is 1. The van der Waals surface area contributed by atoms with Gasteiger partial charge in [-0.15, -0.1) is 0 Å². The van der Waals surface area contributed by atoms with Gasteiger partial charge in [-0.25, -0.2) is 0 Å². The van der Waals surface area contributed by atoms with Gasteiger partial charge in [-0.2, -0.15) is 0 Å². The molecule has 0 saturated carbocycles. The zero-order valence-corrected chi connectivity index (χ0v) is 17.7. The van der Waals surface area contributed by atoms with E-state index in [1.807, 2.05) is 12.1 Å². The lowest BCUT2D eigenvalue weighted by Gasteiger charge is -2.26. The minimum atomic E-state index is 0.226. The maximum absolute atomic E-state index is 9.24. The van der Waals surface area contributed by atoms with E-state index in [4.69, 9.17) is 9.73 Å². The van der Waals surface area contributed by atoms with Crippen LogP contribution in [0.3, 0.4) is 0 Å². The van der Waals surface area contributed by atoms with E-state index in [-0.39, 0.29) is 12.6 Å². The van der Waals surface area contributed by atoms with Crippen molar-refractivity contribution in [1.82, 2.24) is 15.5 Å². The van der Waals surface area contributed by atoms with Gasteiger partial charge < -0.3 is 25.4 Å². The number of hydrogen-bond acceptors (Lipinski definition) is 4. The Hall–Kier alpha value is -1.79. The smallest absolute Gasteiger partial charge is 0.191 e. The molecular weight excluding hydrogens is 340 g/mol. The lowest BCUT2D eigenvalue weighted by atomic mass is 10.0. The summed E-state index contributed by atoms with van der Waals surface area (Å²) in [6, 6.07) is 8.43. The Bertz CT molecular complexity index is 525. The summed E-state index contributed by atoms with van der Waals surface area (Å²) in [6.45, 7) is 6.78. The molecule has 0 aliphatic carbocycles. The highest BCUT2D eigenvalue weighted by Crippen LogP contribution is 2.20. The molecule has 0 amide bonds. The summed E-state index contributed by atoms with van der Waals surface area (Å²) in [4.78, 5) is 6.95. The molecule has 1 aromatic carbocycles. The van der Waals surface area contributed by atoms with E-state index < -0.39 is 0 Å². The summed E-state index contributed by atoms with van der Waals surface area (Å²) >= 11 is 0. The molecule has 27 heavy (non-hydrogen) atoms. The third-order valence-electron chi connectivity index (χ3n) is 4.67. The largest absolute Gasteiger partial charge is 0.497 e. The first-order valence-electron chi connectivity index (χ1n) is 9.99. The van der Waals surface area contributed by atoms with Crippen LogP contribution < -0.4 is 15.4 Å². The Balaban J connectivity index is 2.76. The fourth-order valence-corrected chi connectivity index (χ4v) is 3.10. The van der Waals surface area contributed by atoms with E-state index in [1.54, 1.807) is 7.11 Å². The van der Waals surface area contributed by atoms with Crippen LogP contribution in [0.15, 0.2) is 29.3 Å². The third kappa shape index (κ3) is 8.63. The highest BCUT2D eigenvalue weighted by atomic mass is 16.5. The lowest BCUT2D eigenvalue weighted by Crippen LogP contribution is -2.42. The average Bonchev–Trinajstić information content (AvgIpc) is 2.66. The number of aliphatic hydroxyl groups is 1. The van der Waals surface area contributed by atoms with Crippen molar-refractivity contribution in [3.8, 4) is 5.75 Å². The molecule has 0 saturated heterocycles. The summed E-state index contributed by atoms with van der Waals surface area (Å²) in [7, 11) is 5.85. The van der Waals surface area contributed by atoms with E-state index in [1.165, 1.54) is 5.56 Å². The van der Waals surface area contributed by atoms with Gasteiger partial charge in [-0.3, -0.25) is 4.99 Å². The van der Waals surface area contributed by atoms with Crippen molar-refractivity contribution in [2.75, 3.05) is 47.4 Å². The van der Waals surface area contributed by atoms with Crippen molar-refractivity contribution >= 4 is 5.96 Å². The molecule has 1 rings (SSSR count). The van der Waals surface area contributed by atoms with Crippen molar-refractivity contribution < 1.29 is 9.84 Å². The normalized spacial score (nSPS) is 14.1. The average molecular weight is 379 g/mol. The summed E-state index contributed by atoms with van der Waals surface area (Å²) in [5.74, 6) is 2.13. The van der Waals surface area contributed by atoms with E-state index in [0.29, 0.717) is 5.92 Å². The second-order valence-electron chi connectivity index (χ2n) is 7.02. The van der Waals surface area contributed by atoms with Gasteiger partial charge in [0.2, 0.25) is 0 Å². The van der Waals surface area contributed by atoms with Crippen molar-refractivity contribution in [2.24, 2.45) is 10.9 Å². The standard InChI is InChI=1S/C21H38N4O2/c1-6-8-17(13-14-26)15-23-21(22-7-2)24-16-20(25(3)4)18-9-11-19(27-5)12-10-18/h9-12,17,20,26H,6-8,13-16H2,1-5H3,(H2,22,23,24). The number of likely N-dealkylation sites (N-methyl/N-ethyl adjacent to an activating group) is 1. The van der Waals surface area contributed by atoms with Crippen LogP contribution in [0.25, 0.3) is 0 Å². The predicted molar refractivity (Wildman–Crippen MR) is 114 cm³/mol. The Morgan fingerprint density at radius 1 is 1.15 bits per heavy atom. The molecule has 3 N–H and O–H groups in total. The Morgan fingerprint density at radius 3 is 2.37 bits per heavy atom. The van der Waals surface area contributed by atoms with Gasteiger partial charge in [0.15, 0.2) is 5.96 Å². The van der Waals surface area contributed by atoms with Crippen molar-refractivity contribution in [3.05, 3.63) is 29.8 Å². The van der Waals surface area contributed by atoms with Crippen LogP contribution in [0.2, 0.25) is 0 Å². The van der Waals surface area contributed by atoms with Crippen LogP contribution in [0.1, 0.15) is 44.7 Å². The molecule has 6 nitrogen and oxygen atoms in total. The first-order valence-corrected chi connectivity index (χ1v) is 9.99. The highest BCUT2D eigenvalue weighted by Gasteiger charge is 2.15. The number of methoxy groups -OCH3 is 1. The highest BCUT2D eigenvalue weighted by molar-refractivity contribution is 5.79. The van der Waals surface area contributed by atoms with Gasteiger partial charge in [0.1, 0.15) is 5.75 Å². The number of aliphatic imine (C=N–C) groups is 1. The van der Waals surface area contributed by atoms with E-state index in [2.05, 4.69) is 55.6 Å². The van der Waals surface area contributed by atoms with Crippen molar-refractivity contribution in [3.63, 3.8) is 0 Å². The van der Waals surface area contributed by atoms with Crippen LogP contribution in [-0.2, 0) is 0 Å². The maximum atomic E-state index is 9.24. The first kappa shape index (κ1) is 23.2. The molecule has 0 radical (unpaired) electrons. The first-order chi connectivity index (χ1) is 13.0. The number of ether oxygens (including phenoxy) is 1. The summed E-state index contributed by atoms with van der Waals surface area (Å²) in [5.41, 5.74) is 1.23. The number of nitrogens with one attached hydrogen (secondary N) is 2. The maximum Gasteiger partial charge on any atom is 0.191 e. The SMILES string of the molecule is CCCC(CCO)CN=C(NCC)NCC(c1ccc(OC)cc1)N(C)C. The van der Waals surface area contributed by atoms with Gasteiger partial charge in [0.25, 0.3) is 0 Å². The van der Waals surface area contributed by atoms with Crippen LogP contribution >= 0.6 is 0 Å². The minimum absolute atomic E-state index is 0.226.